The van der Waals surface area contributed by atoms with E-state index in [1.165, 1.54) is 0 Å². The zero-order valence-electron chi connectivity index (χ0n) is 11.4. The second-order valence-electron chi connectivity index (χ2n) is 4.66. The molecule has 1 aromatic heterocycles. The molecule has 4 nitrogen and oxygen atoms in total. The predicted octanol–water partition coefficient (Wildman–Crippen LogP) is 2.82. The van der Waals surface area contributed by atoms with Crippen molar-refractivity contribution in [2.24, 2.45) is 0 Å². The molecule has 1 unspecified atom stereocenters. The normalized spacial score (nSPS) is 12.4. The Hall–Kier alpha value is -1.81. The van der Waals surface area contributed by atoms with Crippen molar-refractivity contribution in [3.05, 3.63) is 30.5 Å². The third-order valence-electron chi connectivity index (χ3n) is 3.15. The average Bonchev–Trinajstić information content (AvgIpc) is 2.44. The van der Waals surface area contributed by atoms with E-state index in [-0.39, 0.29) is 12.6 Å². The maximum absolute atomic E-state index is 8.85. The molecule has 1 aromatic carbocycles. The number of benzene rings is 1. The number of nitrogens with one attached hydrogen (secondary N) is 1. The largest absolute Gasteiger partial charge is 0.497 e. The summed E-state index contributed by atoms with van der Waals surface area (Å²) in [6, 6.07) is 8.21. The fourth-order valence-corrected chi connectivity index (χ4v) is 2.10. The van der Waals surface area contributed by atoms with Crippen LogP contribution in [0.3, 0.4) is 0 Å². The molecule has 0 aliphatic heterocycles. The van der Waals surface area contributed by atoms with Crippen molar-refractivity contribution in [3.63, 3.8) is 0 Å². The van der Waals surface area contributed by atoms with E-state index in [2.05, 4.69) is 17.2 Å². The van der Waals surface area contributed by atoms with E-state index in [1.54, 1.807) is 13.3 Å². The second-order valence-corrected chi connectivity index (χ2v) is 4.66. The van der Waals surface area contributed by atoms with Crippen LogP contribution in [0.1, 0.15) is 19.8 Å². The SMILES string of the molecule is COc1ccc2c(NC(C)CCCO)nccc2c1. The van der Waals surface area contributed by atoms with E-state index in [0.717, 1.165) is 35.2 Å². The third kappa shape index (κ3) is 3.35. The molecule has 2 aromatic rings. The summed E-state index contributed by atoms with van der Waals surface area (Å²) >= 11 is 0. The number of aliphatic hydroxyl groups is 1. The standard InChI is InChI=1S/C15H20N2O2/c1-11(4-3-9-18)17-15-14-6-5-13(19-2)10-12(14)7-8-16-15/h5-8,10-11,18H,3-4,9H2,1-2H3,(H,16,17). The number of methoxy groups -OCH3 is 1. The molecule has 1 heterocycles. The lowest BCUT2D eigenvalue weighted by molar-refractivity contribution is 0.282. The molecule has 2 N–H and O–H groups in total. The van der Waals surface area contributed by atoms with Crippen molar-refractivity contribution >= 4 is 16.6 Å². The highest BCUT2D eigenvalue weighted by atomic mass is 16.5. The van der Waals surface area contributed by atoms with Gasteiger partial charge < -0.3 is 15.2 Å². The number of hydrogen-bond acceptors (Lipinski definition) is 4. The molecule has 0 aliphatic rings. The van der Waals surface area contributed by atoms with Crippen molar-refractivity contribution in [1.82, 2.24) is 4.98 Å². The van der Waals surface area contributed by atoms with Crippen molar-refractivity contribution < 1.29 is 9.84 Å². The highest BCUT2D eigenvalue weighted by Crippen LogP contribution is 2.25. The number of fused-ring (bicyclic) bond motifs is 1. The highest BCUT2D eigenvalue weighted by Gasteiger charge is 2.07. The quantitative estimate of drug-likeness (QED) is 0.838. The van der Waals surface area contributed by atoms with Gasteiger partial charge in [-0.1, -0.05) is 0 Å². The van der Waals surface area contributed by atoms with E-state index in [4.69, 9.17) is 9.84 Å². The van der Waals surface area contributed by atoms with Crippen LogP contribution >= 0.6 is 0 Å². The molecule has 0 spiro atoms. The molecule has 0 radical (unpaired) electrons. The van der Waals surface area contributed by atoms with Gasteiger partial charge in [0.15, 0.2) is 0 Å². The molecule has 2 rings (SSSR count). The molecule has 0 saturated heterocycles. The number of anilines is 1. The van der Waals surface area contributed by atoms with Gasteiger partial charge in [0.05, 0.1) is 7.11 Å². The Balaban J connectivity index is 2.23. The van der Waals surface area contributed by atoms with E-state index in [1.807, 2.05) is 24.3 Å². The van der Waals surface area contributed by atoms with Crippen molar-refractivity contribution in [2.75, 3.05) is 19.0 Å². The maximum Gasteiger partial charge on any atom is 0.134 e. The number of aromatic nitrogens is 1. The van der Waals surface area contributed by atoms with E-state index < -0.39 is 0 Å². The first-order chi connectivity index (χ1) is 9.24. The van der Waals surface area contributed by atoms with Gasteiger partial charge >= 0.3 is 0 Å². The summed E-state index contributed by atoms with van der Waals surface area (Å²) in [6.07, 6.45) is 3.51. The topological polar surface area (TPSA) is 54.4 Å². The summed E-state index contributed by atoms with van der Waals surface area (Å²) in [5, 5.41) is 14.4. The van der Waals surface area contributed by atoms with Crippen LogP contribution in [0.4, 0.5) is 5.82 Å². The second kappa shape index (κ2) is 6.38. The summed E-state index contributed by atoms with van der Waals surface area (Å²) in [7, 11) is 1.67. The summed E-state index contributed by atoms with van der Waals surface area (Å²) in [5.41, 5.74) is 0. The van der Waals surface area contributed by atoms with E-state index in [9.17, 15) is 0 Å². The van der Waals surface area contributed by atoms with Crippen LogP contribution in [0.2, 0.25) is 0 Å². The first-order valence-electron chi connectivity index (χ1n) is 6.54. The van der Waals surface area contributed by atoms with Crippen molar-refractivity contribution in [2.45, 2.75) is 25.8 Å². The number of ether oxygens (including phenoxy) is 1. The average molecular weight is 260 g/mol. The van der Waals surface area contributed by atoms with Gasteiger partial charge in [-0.25, -0.2) is 4.98 Å². The van der Waals surface area contributed by atoms with Gasteiger partial charge in [0.1, 0.15) is 11.6 Å². The molecule has 19 heavy (non-hydrogen) atoms. The Kier molecular flexibility index (Phi) is 4.58. The van der Waals surface area contributed by atoms with Gasteiger partial charge in [-0.15, -0.1) is 0 Å². The van der Waals surface area contributed by atoms with Gasteiger partial charge in [-0.05, 0) is 49.4 Å². The molecule has 0 amide bonds. The number of nitrogens with zero attached hydrogens (tertiary/aromatic N) is 1. The van der Waals surface area contributed by atoms with Gasteiger partial charge in [0.25, 0.3) is 0 Å². The smallest absolute Gasteiger partial charge is 0.134 e. The summed E-state index contributed by atoms with van der Waals surface area (Å²) < 4.78 is 5.23. The fourth-order valence-electron chi connectivity index (χ4n) is 2.10. The van der Waals surface area contributed by atoms with Crippen LogP contribution in [-0.2, 0) is 0 Å². The summed E-state index contributed by atoms with van der Waals surface area (Å²) in [6.45, 7) is 2.33. The summed E-state index contributed by atoms with van der Waals surface area (Å²) in [5.74, 6) is 1.73. The Bertz CT molecular complexity index is 543. The van der Waals surface area contributed by atoms with Crippen LogP contribution in [0.25, 0.3) is 10.8 Å². The lowest BCUT2D eigenvalue weighted by Crippen LogP contribution is -2.16. The zero-order chi connectivity index (χ0) is 13.7. The Morgan fingerprint density at radius 2 is 2.21 bits per heavy atom. The van der Waals surface area contributed by atoms with Crippen LogP contribution in [0.5, 0.6) is 5.75 Å². The number of rotatable bonds is 6. The maximum atomic E-state index is 8.85. The summed E-state index contributed by atoms with van der Waals surface area (Å²) in [4.78, 5) is 4.40. The first-order valence-corrected chi connectivity index (χ1v) is 6.54. The minimum absolute atomic E-state index is 0.228. The molecule has 0 saturated carbocycles. The van der Waals surface area contributed by atoms with Crippen LogP contribution in [0.15, 0.2) is 30.5 Å². The fraction of sp³-hybridized carbons (Fsp3) is 0.400. The van der Waals surface area contributed by atoms with E-state index in [0.29, 0.717) is 0 Å². The monoisotopic (exact) mass is 260 g/mol. The van der Waals surface area contributed by atoms with Gasteiger partial charge in [-0.3, -0.25) is 0 Å². The lowest BCUT2D eigenvalue weighted by atomic mass is 10.1. The molecule has 102 valence electrons. The minimum atomic E-state index is 0.228. The Labute approximate surface area is 113 Å². The number of hydrogen-bond donors (Lipinski definition) is 2. The highest BCUT2D eigenvalue weighted by molar-refractivity contribution is 5.92. The molecular weight excluding hydrogens is 240 g/mol. The zero-order valence-corrected chi connectivity index (χ0v) is 11.4. The Morgan fingerprint density at radius 3 is 2.95 bits per heavy atom. The van der Waals surface area contributed by atoms with Crippen molar-refractivity contribution in [1.29, 1.82) is 0 Å². The number of aliphatic hydroxyl groups excluding tert-OH is 1. The molecular formula is C15H20N2O2. The molecule has 0 fully saturated rings. The predicted molar refractivity (Wildman–Crippen MR) is 77.7 cm³/mol. The van der Waals surface area contributed by atoms with Crippen LogP contribution in [0, 0.1) is 0 Å². The molecule has 4 heteroatoms. The van der Waals surface area contributed by atoms with Crippen LogP contribution < -0.4 is 10.1 Å². The third-order valence-corrected chi connectivity index (χ3v) is 3.15. The lowest BCUT2D eigenvalue weighted by Gasteiger charge is -2.15. The molecule has 0 bridgehead atoms. The van der Waals surface area contributed by atoms with Gasteiger partial charge in [0, 0.05) is 24.2 Å². The minimum Gasteiger partial charge on any atom is -0.497 e. The first kappa shape index (κ1) is 13.6. The van der Waals surface area contributed by atoms with E-state index >= 15 is 0 Å². The van der Waals surface area contributed by atoms with Gasteiger partial charge in [-0.2, -0.15) is 0 Å². The Morgan fingerprint density at radius 1 is 1.37 bits per heavy atom. The van der Waals surface area contributed by atoms with Crippen molar-refractivity contribution in [3.8, 4) is 5.75 Å². The molecule has 0 aliphatic carbocycles. The molecule has 1 atom stereocenters. The van der Waals surface area contributed by atoms with Gasteiger partial charge in [0.2, 0.25) is 0 Å². The van der Waals surface area contributed by atoms with Crippen LogP contribution in [-0.4, -0.2) is 29.8 Å². The number of pyridine rings is 1.